The van der Waals surface area contributed by atoms with Crippen molar-refractivity contribution < 1.29 is 19.1 Å². The van der Waals surface area contributed by atoms with Crippen molar-refractivity contribution in [1.29, 1.82) is 0 Å². The standard InChI is InChI=1S/C27H32N2O4/c1-3-4-18-33-26(31)29-17-9-15-27(28,16-14-25(30)32-2)24(29)20-21-10-8-13-23(19-21)22-11-6-5-7-12-22/h5-8,10-13,19,24H,3-4,9,15,17-18,20,28H2,1-2H3. The predicted molar refractivity (Wildman–Crippen MR) is 128 cm³/mol. The van der Waals surface area contributed by atoms with E-state index in [2.05, 4.69) is 40.8 Å². The molecular formula is C27H32N2O4. The van der Waals surface area contributed by atoms with Crippen LogP contribution < -0.4 is 5.73 Å². The lowest BCUT2D eigenvalue weighted by Crippen LogP contribution is -2.63. The number of ether oxygens (including phenoxy) is 2. The molecule has 1 saturated heterocycles. The van der Waals surface area contributed by atoms with Gasteiger partial charge in [0.25, 0.3) is 0 Å². The Bertz CT molecular complexity index is 1010. The van der Waals surface area contributed by atoms with Crippen LogP contribution in [-0.2, 0) is 20.7 Å². The topological polar surface area (TPSA) is 81.9 Å². The van der Waals surface area contributed by atoms with Gasteiger partial charge in [0.05, 0.1) is 25.3 Å². The Labute approximate surface area is 196 Å². The second-order valence-corrected chi connectivity index (χ2v) is 8.33. The van der Waals surface area contributed by atoms with E-state index in [1.807, 2.05) is 37.3 Å². The fraction of sp³-hybridized carbons (Fsp3) is 0.407. The lowest BCUT2D eigenvalue weighted by molar-refractivity contribution is -0.133. The first-order chi connectivity index (χ1) is 16.0. The number of rotatable bonds is 6. The van der Waals surface area contributed by atoms with E-state index in [-0.39, 0.29) is 6.09 Å². The molecule has 1 heterocycles. The lowest BCUT2D eigenvalue weighted by atomic mass is 9.79. The molecule has 1 amide bonds. The van der Waals surface area contributed by atoms with Gasteiger partial charge >= 0.3 is 12.1 Å². The molecule has 2 aromatic carbocycles. The summed E-state index contributed by atoms with van der Waals surface area (Å²) in [5, 5.41) is 0. The minimum absolute atomic E-state index is 0.369. The maximum atomic E-state index is 13.0. The maximum absolute atomic E-state index is 13.0. The van der Waals surface area contributed by atoms with E-state index in [1.54, 1.807) is 4.90 Å². The van der Waals surface area contributed by atoms with Crippen molar-refractivity contribution in [2.45, 2.75) is 50.6 Å². The fourth-order valence-electron chi connectivity index (χ4n) is 4.14. The number of nitrogens with two attached hydrogens (primary N) is 1. The van der Waals surface area contributed by atoms with Gasteiger partial charge in [-0.05, 0) is 42.4 Å². The highest BCUT2D eigenvalue weighted by Gasteiger charge is 2.43. The molecule has 3 rings (SSSR count). The Morgan fingerprint density at radius 3 is 2.64 bits per heavy atom. The van der Waals surface area contributed by atoms with E-state index >= 15 is 0 Å². The minimum Gasteiger partial charge on any atom is -0.459 e. The number of nitrogens with zero attached hydrogens (tertiary/aromatic N) is 1. The number of unbranched alkanes of at least 4 members (excludes halogenated alkanes) is 1. The number of amides is 1. The van der Waals surface area contributed by atoms with Crippen LogP contribution in [0.1, 0.15) is 38.2 Å². The fourth-order valence-corrected chi connectivity index (χ4v) is 4.14. The van der Waals surface area contributed by atoms with Gasteiger partial charge in [-0.25, -0.2) is 9.59 Å². The van der Waals surface area contributed by atoms with Crippen molar-refractivity contribution in [2.75, 3.05) is 20.3 Å². The number of carbonyl (C=O) groups excluding carboxylic acids is 2. The van der Waals surface area contributed by atoms with Gasteiger partial charge in [0.2, 0.25) is 0 Å². The van der Waals surface area contributed by atoms with Gasteiger partial charge in [-0.15, -0.1) is 0 Å². The van der Waals surface area contributed by atoms with Crippen LogP contribution in [0.25, 0.3) is 11.1 Å². The van der Waals surface area contributed by atoms with Crippen LogP contribution in [-0.4, -0.2) is 48.8 Å². The van der Waals surface area contributed by atoms with Crippen LogP contribution in [0.4, 0.5) is 4.79 Å². The first-order valence-electron chi connectivity index (χ1n) is 11.4. The molecule has 33 heavy (non-hydrogen) atoms. The summed E-state index contributed by atoms with van der Waals surface area (Å²) >= 11 is 0. The van der Waals surface area contributed by atoms with Crippen LogP contribution in [0.3, 0.4) is 0 Å². The predicted octanol–water partition coefficient (Wildman–Crippen LogP) is 4.17. The molecule has 0 spiro atoms. The van der Waals surface area contributed by atoms with Crippen molar-refractivity contribution in [1.82, 2.24) is 4.90 Å². The highest BCUT2D eigenvalue weighted by molar-refractivity contribution is 5.88. The molecule has 6 nitrogen and oxygen atoms in total. The summed E-state index contributed by atoms with van der Waals surface area (Å²) in [5.74, 6) is 4.77. The summed E-state index contributed by atoms with van der Waals surface area (Å²) in [7, 11) is 1.28. The van der Waals surface area contributed by atoms with Crippen molar-refractivity contribution >= 4 is 12.1 Å². The van der Waals surface area contributed by atoms with Gasteiger partial charge in [-0.1, -0.05) is 73.9 Å². The zero-order chi connectivity index (χ0) is 23.7. The summed E-state index contributed by atoms with van der Waals surface area (Å²) in [4.78, 5) is 26.3. The van der Waals surface area contributed by atoms with E-state index in [1.165, 1.54) is 7.11 Å². The van der Waals surface area contributed by atoms with Gasteiger partial charge in [-0.2, -0.15) is 0 Å². The van der Waals surface area contributed by atoms with Crippen molar-refractivity contribution in [3.63, 3.8) is 0 Å². The van der Waals surface area contributed by atoms with Crippen LogP contribution in [0, 0.1) is 11.8 Å². The summed E-state index contributed by atoms with van der Waals surface area (Å²) in [5.41, 5.74) is 8.93. The molecule has 0 bridgehead atoms. The third kappa shape index (κ3) is 6.36. The van der Waals surface area contributed by atoms with Gasteiger partial charge in [0, 0.05) is 12.5 Å². The molecule has 1 aliphatic heterocycles. The zero-order valence-corrected chi connectivity index (χ0v) is 19.4. The zero-order valence-electron chi connectivity index (χ0n) is 19.4. The van der Waals surface area contributed by atoms with E-state index in [9.17, 15) is 9.59 Å². The Morgan fingerprint density at radius 1 is 1.15 bits per heavy atom. The first-order valence-corrected chi connectivity index (χ1v) is 11.4. The third-order valence-corrected chi connectivity index (χ3v) is 5.96. The number of carbonyl (C=O) groups is 2. The molecule has 0 aliphatic carbocycles. The number of esters is 1. The second-order valence-electron chi connectivity index (χ2n) is 8.33. The van der Waals surface area contributed by atoms with Crippen molar-refractivity contribution in [3.05, 3.63) is 60.2 Å². The van der Waals surface area contributed by atoms with Gasteiger partial charge < -0.3 is 20.1 Å². The number of piperidine rings is 1. The molecule has 1 fully saturated rings. The van der Waals surface area contributed by atoms with E-state index in [0.717, 1.165) is 29.5 Å². The monoisotopic (exact) mass is 448 g/mol. The number of hydrogen-bond donors (Lipinski definition) is 1. The molecule has 6 heteroatoms. The molecule has 2 N–H and O–H groups in total. The van der Waals surface area contributed by atoms with Gasteiger partial charge in [0.1, 0.15) is 0 Å². The van der Waals surface area contributed by atoms with E-state index in [4.69, 9.17) is 10.5 Å². The van der Waals surface area contributed by atoms with E-state index in [0.29, 0.717) is 32.4 Å². The number of methoxy groups -OCH3 is 1. The smallest absolute Gasteiger partial charge is 0.410 e. The molecule has 0 aromatic heterocycles. The lowest BCUT2D eigenvalue weighted by Gasteiger charge is -2.44. The Morgan fingerprint density at radius 2 is 1.91 bits per heavy atom. The van der Waals surface area contributed by atoms with Gasteiger partial charge in [-0.3, -0.25) is 0 Å². The summed E-state index contributed by atoms with van der Waals surface area (Å²) < 4.78 is 10.2. The average molecular weight is 449 g/mol. The maximum Gasteiger partial charge on any atom is 0.410 e. The molecule has 1 aliphatic rings. The highest BCUT2D eigenvalue weighted by atomic mass is 16.6. The summed E-state index contributed by atoms with van der Waals surface area (Å²) in [6, 6.07) is 17.9. The third-order valence-electron chi connectivity index (χ3n) is 5.96. The van der Waals surface area contributed by atoms with E-state index < -0.39 is 17.6 Å². The van der Waals surface area contributed by atoms with Crippen LogP contribution in [0.5, 0.6) is 0 Å². The summed E-state index contributed by atoms with van der Waals surface area (Å²) in [6.45, 7) is 2.95. The molecule has 2 aromatic rings. The molecular weight excluding hydrogens is 416 g/mol. The SMILES string of the molecule is CCCCOC(=O)N1CCCC(N)(C#CC(=O)OC)C1Cc1cccc(-c2ccccc2)c1. The first kappa shape index (κ1) is 24.3. The second kappa shape index (κ2) is 11.5. The molecule has 0 saturated carbocycles. The molecule has 0 radical (unpaired) electrons. The Balaban J connectivity index is 1.92. The summed E-state index contributed by atoms with van der Waals surface area (Å²) in [6.07, 6.45) is 3.10. The largest absolute Gasteiger partial charge is 0.459 e. The van der Waals surface area contributed by atoms with Crippen LogP contribution in [0.2, 0.25) is 0 Å². The Hall–Kier alpha value is -3.30. The van der Waals surface area contributed by atoms with Crippen molar-refractivity contribution in [2.24, 2.45) is 5.73 Å². The van der Waals surface area contributed by atoms with Crippen LogP contribution >= 0.6 is 0 Å². The number of likely N-dealkylation sites (tertiary alicyclic amines) is 1. The van der Waals surface area contributed by atoms with Gasteiger partial charge in [0.15, 0.2) is 0 Å². The molecule has 174 valence electrons. The highest BCUT2D eigenvalue weighted by Crippen LogP contribution is 2.30. The average Bonchev–Trinajstić information content (AvgIpc) is 2.84. The minimum atomic E-state index is -1.06. The Kier molecular flexibility index (Phi) is 8.51. The molecule has 2 unspecified atom stereocenters. The number of hydrogen-bond acceptors (Lipinski definition) is 5. The van der Waals surface area contributed by atoms with Crippen LogP contribution in [0.15, 0.2) is 54.6 Å². The normalized spacial score (nSPS) is 19.8. The molecule has 2 atom stereocenters. The quantitative estimate of drug-likeness (QED) is 0.310. The van der Waals surface area contributed by atoms with Crippen molar-refractivity contribution in [3.8, 4) is 23.0 Å². The number of benzene rings is 2.